The number of carbonyl (C=O) groups is 2. The van der Waals surface area contributed by atoms with E-state index in [0.717, 1.165) is 11.4 Å². The molecule has 0 saturated carbocycles. The van der Waals surface area contributed by atoms with E-state index in [2.05, 4.69) is 20.6 Å². The number of hydrogen-bond donors (Lipinski definition) is 1. The molecule has 1 unspecified atom stereocenters. The molecule has 0 saturated heterocycles. The van der Waals surface area contributed by atoms with E-state index >= 15 is 0 Å². The Morgan fingerprint density at radius 1 is 1.25 bits per heavy atom. The molecule has 0 aromatic carbocycles. The van der Waals surface area contributed by atoms with E-state index in [9.17, 15) is 9.59 Å². The number of aromatic nitrogens is 4. The van der Waals surface area contributed by atoms with Crippen molar-refractivity contribution in [2.24, 2.45) is 0 Å². The van der Waals surface area contributed by atoms with Gasteiger partial charge in [0.25, 0.3) is 5.91 Å². The smallest absolute Gasteiger partial charge is 0.340 e. The summed E-state index contributed by atoms with van der Waals surface area (Å²) in [4.78, 5) is 29.0. The zero-order valence-electron chi connectivity index (χ0n) is 16.1. The quantitative estimate of drug-likeness (QED) is 0.651. The van der Waals surface area contributed by atoms with Crippen molar-refractivity contribution in [1.29, 1.82) is 0 Å². The minimum absolute atomic E-state index is 0.244. The second kappa shape index (κ2) is 8.03. The SMILES string of the molecule is CCC(OC(=O)c1ccc(-n2nc(C)cc2C)nc1)C(=O)Nc1cc(C)on1. The zero-order chi connectivity index (χ0) is 20.3. The molecular weight excluding hydrogens is 362 g/mol. The summed E-state index contributed by atoms with van der Waals surface area (Å²) in [5.41, 5.74) is 2.06. The first-order chi connectivity index (χ1) is 13.4. The van der Waals surface area contributed by atoms with Crippen molar-refractivity contribution in [3.05, 3.63) is 53.2 Å². The lowest BCUT2D eigenvalue weighted by molar-refractivity contribution is -0.124. The van der Waals surface area contributed by atoms with Crippen molar-refractivity contribution >= 4 is 17.7 Å². The lowest BCUT2D eigenvalue weighted by atomic mass is 10.2. The van der Waals surface area contributed by atoms with Crippen LogP contribution >= 0.6 is 0 Å². The number of hydrogen-bond acceptors (Lipinski definition) is 7. The Morgan fingerprint density at radius 2 is 2.04 bits per heavy atom. The Morgan fingerprint density at radius 3 is 2.57 bits per heavy atom. The number of amides is 1. The molecule has 3 aromatic heterocycles. The standard InChI is InChI=1S/C19H21N5O4/c1-5-15(18(25)21-16-9-13(4)28-23-16)27-19(26)14-6-7-17(20-10-14)24-12(3)8-11(2)22-24/h6-10,15H,5H2,1-4H3,(H,21,23,25). The summed E-state index contributed by atoms with van der Waals surface area (Å²) in [6.07, 6.45) is 0.756. The lowest BCUT2D eigenvalue weighted by Crippen LogP contribution is -2.32. The topological polar surface area (TPSA) is 112 Å². The van der Waals surface area contributed by atoms with Gasteiger partial charge < -0.3 is 14.6 Å². The van der Waals surface area contributed by atoms with Crippen molar-refractivity contribution in [3.8, 4) is 5.82 Å². The van der Waals surface area contributed by atoms with Gasteiger partial charge in [-0.05, 0) is 45.4 Å². The highest BCUT2D eigenvalue weighted by Crippen LogP contribution is 2.13. The van der Waals surface area contributed by atoms with Crippen molar-refractivity contribution < 1.29 is 18.8 Å². The summed E-state index contributed by atoms with van der Waals surface area (Å²) < 4.78 is 11.9. The second-order valence-electron chi connectivity index (χ2n) is 6.36. The monoisotopic (exact) mass is 383 g/mol. The Hall–Kier alpha value is -3.49. The van der Waals surface area contributed by atoms with Crippen LogP contribution in [0.15, 0.2) is 35.0 Å². The fourth-order valence-corrected chi connectivity index (χ4v) is 2.64. The zero-order valence-corrected chi connectivity index (χ0v) is 16.1. The molecule has 1 N–H and O–H groups in total. The number of pyridine rings is 1. The van der Waals surface area contributed by atoms with Crippen LogP contribution in [-0.4, -0.2) is 37.9 Å². The van der Waals surface area contributed by atoms with Gasteiger partial charge in [0.1, 0.15) is 5.76 Å². The number of nitrogens with zero attached hydrogens (tertiary/aromatic N) is 4. The van der Waals surface area contributed by atoms with Crippen LogP contribution in [0.3, 0.4) is 0 Å². The highest BCUT2D eigenvalue weighted by Gasteiger charge is 2.23. The molecule has 3 heterocycles. The van der Waals surface area contributed by atoms with E-state index in [-0.39, 0.29) is 11.4 Å². The fraction of sp³-hybridized carbons (Fsp3) is 0.316. The van der Waals surface area contributed by atoms with E-state index in [1.54, 1.807) is 36.7 Å². The molecule has 0 radical (unpaired) electrons. The van der Waals surface area contributed by atoms with E-state index in [0.29, 0.717) is 18.0 Å². The average Bonchev–Trinajstić information content (AvgIpc) is 3.23. The molecule has 0 aliphatic rings. The third-order valence-electron chi connectivity index (χ3n) is 4.00. The largest absolute Gasteiger partial charge is 0.449 e. The molecule has 0 fully saturated rings. The van der Waals surface area contributed by atoms with Gasteiger partial charge >= 0.3 is 5.97 Å². The van der Waals surface area contributed by atoms with Crippen LogP contribution in [0.1, 0.15) is 40.9 Å². The number of aryl methyl sites for hydroxylation is 3. The molecular formula is C19H21N5O4. The summed E-state index contributed by atoms with van der Waals surface area (Å²) in [7, 11) is 0. The third-order valence-corrected chi connectivity index (χ3v) is 4.00. The Kier molecular flexibility index (Phi) is 5.53. The van der Waals surface area contributed by atoms with Gasteiger partial charge in [-0.3, -0.25) is 4.79 Å². The minimum atomic E-state index is -0.958. The molecule has 0 aliphatic carbocycles. The van der Waals surface area contributed by atoms with Gasteiger partial charge in [-0.15, -0.1) is 0 Å². The maximum absolute atomic E-state index is 12.4. The van der Waals surface area contributed by atoms with E-state index in [4.69, 9.17) is 9.26 Å². The summed E-state index contributed by atoms with van der Waals surface area (Å²) in [5, 5.41) is 10.6. The lowest BCUT2D eigenvalue weighted by Gasteiger charge is -2.15. The predicted molar refractivity (Wildman–Crippen MR) is 100 cm³/mol. The van der Waals surface area contributed by atoms with Crippen molar-refractivity contribution in [3.63, 3.8) is 0 Å². The van der Waals surface area contributed by atoms with Crippen LogP contribution in [0.2, 0.25) is 0 Å². The first-order valence-corrected chi connectivity index (χ1v) is 8.82. The van der Waals surface area contributed by atoms with Gasteiger partial charge in [0.2, 0.25) is 0 Å². The van der Waals surface area contributed by atoms with Crippen molar-refractivity contribution in [2.75, 3.05) is 5.32 Å². The highest BCUT2D eigenvalue weighted by molar-refractivity contribution is 5.96. The van der Waals surface area contributed by atoms with E-state index in [1.165, 1.54) is 6.20 Å². The van der Waals surface area contributed by atoms with Crippen LogP contribution in [-0.2, 0) is 9.53 Å². The third kappa shape index (κ3) is 4.25. The van der Waals surface area contributed by atoms with Gasteiger partial charge in [0.15, 0.2) is 17.7 Å². The van der Waals surface area contributed by atoms with Gasteiger partial charge in [0, 0.05) is 18.0 Å². The number of nitrogens with one attached hydrogen (secondary N) is 1. The molecule has 28 heavy (non-hydrogen) atoms. The molecule has 1 amide bonds. The normalized spacial score (nSPS) is 11.9. The molecule has 146 valence electrons. The van der Waals surface area contributed by atoms with Gasteiger partial charge in [-0.1, -0.05) is 12.1 Å². The average molecular weight is 383 g/mol. The first kappa shape index (κ1) is 19.3. The molecule has 0 bridgehead atoms. The summed E-state index contributed by atoms with van der Waals surface area (Å²) >= 11 is 0. The molecule has 3 rings (SSSR count). The van der Waals surface area contributed by atoms with Crippen LogP contribution in [0, 0.1) is 20.8 Å². The highest BCUT2D eigenvalue weighted by atomic mass is 16.5. The second-order valence-corrected chi connectivity index (χ2v) is 6.36. The molecule has 0 aliphatic heterocycles. The number of rotatable bonds is 6. The number of ether oxygens (including phenoxy) is 1. The first-order valence-electron chi connectivity index (χ1n) is 8.82. The molecule has 0 spiro atoms. The number of anilines is 1. The number of esters is 1. The van der Waals surface area contributed by atoms with Crippen LogP contribution in [0.4, 0.5) is 5.82 Å². The van der Waals surface area contributed by atoms with Crippen molar-refractivity contribution in [1.82, 2.24) is 19.9 Å². The molecule has 9 nitrogen and oxygen atoms in total. The van der Waals surface area contributed by atoms with Crippen molar-refractivity contribution in [2.45, 2.75) is 40.2 Å². The number of carbonyl (C=O) groups excluding carboxylic acids is 2. The minimum Gasteiger partial charge on any atom is -0.449 e. The maximum Gasteiger partial charge on any atom is 0.340 e. The summed E-state index contributed by atoms with van der Waals surface area (Å²) in [5.74, 6) is 0.317. The van der Waals surface area contributed by atoms with Crippen LogP contribution in [0.25, 0.3) is 5.82 Å². The van der Waals surface area contributed by atoms with E-state index < -0.39 is 18.0 Å². The Labute approximate surface area is 161 Å². The van der Waals surface area contributed by atoms with Crippen LogP contribution < -0.4 is 5.32 Å². The molecule has 3 aromatic rings. The Bertz CT molecular complexity index is 990. The maximum atomic E-state index is 12.4. The molecule has 1 atom stereocenters. The van der Waals surface area contributed by atoms with E-state index in [1.807, 2.05) is 19.9 Å². The predicted octanol–water partition coefficient (Wildman–Crippen LogP) is 2.75. The Balaban J connectivity index is 1.67. The summed E-state index contributed by atoms with van der Waals surface area (Å²) in [6, 6.07) is 6.78. The van der Waals surface area contributed by atoms with Crippen LogP contribution in [0.5, 0.6) is 0 Å². The van der Waals surface area contributed by atoms with Gasteiger partial charge in [-0.25, -0.2) is 14.5 Å². The van der Waals surface area contributed by atoms with Gasteiger partial charge in [0.05, 0.1) is 11.3 Å². The fourth-order valence-electron chi connectivity index (χ4n) is 2.64. The molecule has 9 heteroatoms. The van der Waals surface area contributed by atoms with Gasteiger partial charge in [-0.2, -0.15) is 5.10 Å². The summed E-state index contributed by atoms with van der Waals surface area (Å²) in [6.45, 7) is 7.27.